The number of hydrogen-bond donors (Lipinski definition) is 2. The molecule has 0 bridgehead atoms. The summed E-state index contributed by atoms with van der Waals surface area (Å²) in [5, 5.41) is 3.19. The molecule has 0 saturated carbocycles. The summed E-state index contributed by atoms with van der Waals surface area (Å²) < 4.78 is 25.4. The van der Waals surface area contributed by atoms with Gasteiger partial charge < -0.3 is 11.1 Å². The topological polar surface area (TPSA) is 110 Å². The molecule has 1 aliphatic rings. The van der Waals surface area contributed by atoms with Crippen LogP contribution in [0.25, 0.3) is 0 Å². The first-order valence-electron chi connectivity index (χ1n) is 8.34. The number of nitrogens with one attached hydrogen (secondary N) is 1. The third-order valence-corrected chi connectivity index (χ3v) is 7.10. The van der Waals surface area contributed by atoms with Crippen molar-refractivity contribution < 1.29 is 18.0 Å². The van der Waals surface area contributed by atoms with E-state index in [1.807, 2.05) is 13.8 Å². The average molecular weight is 408 g/mol. The minimum atomic E-state index is -3.38. The van der Waals surface area contributed by atoms with Gasteiger partial charge in [-0.1, -0.05) is 0 Å². The van der Waals surface area contributed by atoms with Crippen molar-refractivity contribution in [3.05, 3.63) is 45.3 Å². The van der Waals surface area contributed by atoms with E-state index in [2.05, 4.69) is 5.32 Å². The number of thiophene rings is 1. The molecule has 2 heterocycles. The summed E-state index contributed by atoms with van der Waals surface area (Å²) in [6.45, 7) is 5.48. The van der Waals surface area contributed by atoms with E-state index in [9.17, 15) is 18.0 Å². The maximum atomic E-state index is 12.7. The van der Waals surface area contributed by atoms with Crippen molar-refractivity contribution in [3.8, 4) is 0 Å². The minimum Gasteiger partial charge on any atom is -0.365 e. The standard InChI is InChI=1S/C18H21N3O4S2/c1-9-7-13-8-12(5-6-14(13)21(9)27(4,24)25)17(23)20-18-15(16(19)22)10(2)11(3)26-18/h5-6,8-9H,7H2,1-4H3,(H2,19,22)(H,20,23). The second kappa shape index (κ2) is 6.65. The number of sulfonamides is 1. The van der Waals surface area contributed by atoms with E-state index >= 15 is 0 Å². The number of carbonyl (C=O) groups is 2. The van der Waals surface area contributed by atoms with E-state index in [4.69, 9.17) is 5.73 Å². The number of nitrogens with zero attached hydrogens (tertiary/aromatic N) is 1. The Balaban J connectivity index is 1.92. The normalized spacial score (nSPS) is 16.3. The lowest BCUT2D eigenvalue weighted by Crippen LogP contribution is -2.34. The number of rotatable bonds is 4. The molecule has 0 spiro atoms. The molecular weight excluding hydrogens is 386 g/mol. The maximum Gasteiger partial charge on any atom is 0.256 e. The molecule has 2 aromatic rings. The van der Waals surface area contributed by atoms with Crippen LogP contribution in [0.2, 0.25) is 0 Å². The lowest BCUT2D eigenvalue weighted by molar-refractivity contribution is 0.100. The Labute approximate surface area is 162 Å². The largest absolute Gasteiger partial charge is 0.365 e. The second-order valence-corrected chi connectivity index (χ2v) is 9.85. The summed E-state index contributed by atoms with van der Waals surface area (Å²) in [4.78, 5) is 25.3. The predicted molar refractivity (Wildman–Crippen MR) is 107 cm³/mol. The summed E-state index contributed by atoms with van der Waals surface area (Å²) in [6, 6.07) is 4.73. The van der Waals surface area contributed by atoms with Gasteiger partial charge in [-0.05, 0) is 56.5 Å². The molecule has 1 aromatic carbocycles. The highest BCUT2D eigenvalue weighted by Gasteiger charge is 2.33. The zero-order valence-electron chi connectivity index (χ0n) is 15.5. The Morgan fingerprint density at radius 3 is 2.56 bits per heavy atom. The molecule has 1 unspecified atom stereocenters. The molecule has 0 saturated heterocycles. The molecule has 7 nitrogen and oxygen atoms in total. The third-order valence-electron chi connectivity index (χ3n) is 4.71. The first-order valence-corrected chi connectivity index (χ1v) is 11.0. The van der Waals surface area contributed by atoms with Gasteiger partial charge in [-0.2, -0.15) is 0 Å². The van der Waals surface area contributed by atoms with Gasteiger partial charge in [0.05, 0.1) is 17.5 Å². The van der Waals surface area contributed by atoms with Crippen LogP contribution >= 0.6 is 11.3 Å². The van der Waals surface area contributed by atoms with E-state index in [1.54, 1.807) is 25.1 Å². The van der Waals surface area contributed by atoms with Crippen LogP contribution in [0.1, 0.15) is 43.6 Å². The van der Waals surface area contributed by atoms with Gasteiger partial charge in [-0.15, -0.1) is 11.3 Å². The fourth-order valence-electron chi connectivity index (χ4n) is 3.44. The van der Waals surface area contributed by atoms with Gasteiger partial charge in [0.15, 0.2) is 0 Å². The van der Waals surface area contributed by atoms with E-state index in [1.165, 1.54) is 21.9 Å². The highest BCUT2D eigenvalue weighted by Crippen LogP contribution is 2.36. The number of aryl methyl sites for hydroxylation is 1. The van der Waals surface area contributed by atoms with Crippen molar-refractivity contribution in [2.24, 2.45) is 5.73 Å². The molecule has 2 amide bonds. The average Bonchev–Trinajstić information content (AvgIpc) is 3.02. The Hall–Kier alpha value is -2.39. The van der Waals surface area contributed by atoms with Crippen LogP contribution < -0.4 is 15.4 Å². The molecule has 0 fully saturated rings. The van der Waals surface area contributed by atoms with E-state index in [0.717, 1.165) is 16.0 Å². The van der Waals surface area contributed by atoms with Gasteiger partial charge in [0.25, 0.3) is 11.8 Å². The number of amides is 2. The van der Waals surface area contributed by atoms with Gasteiger partial charge in [0.2, 0.25) is 10.0 Å². The van der Waals surface area contributed by atoms with Crippen LogP contribution in [0.15, 0.2) is 18.2 Å². The summed E-state index contributed by atoms with van der Waals surface area (Å²) >= 11 is 1.30. The smallest absolute Gasteiger partial charge is 0.256 e. The molecular formula is C18H21N3O4S2. The molecule has 0 aliphatic carbocycles. The van der Waals surface area contributed by atoms with Crippen molar-refractivity contribution in [1.82, 2.24) is 0 Å². The molecule has 144 valence electrons. The molecule has 1 aromatic heterocycles. The molecule has 3 rings (SSSR count). The fraction of sp³-hybridized carbons (Fsp3) is 0.333. The molecule has 0 radical (unpaired) electrons. The van der Waals surface area contributed by atoms with Gasteiger partial charge in [0.1, 0.15) is 5.00 Å². The first kappa shape index (κ1) is 19.4. The SMILES string of the molecule is Cc1sc(NC(=O)c2ccc3c(c2)CC(C)N3S(C)(=O)=O)c(C(N)=O)c1C. The van der Waals surface area contributed by atoms with Crippen LogP contribution in [0.4, 0.5) is 10.7 Å². The quantitative estimate of drug-likeness (QED) is 0.811. The number of fused-ring (bicyclic) bond motifs is 1. The summed E-state index contributed by atoms with van der Waals surface area (Å²) in [6.07, 6.45) is 1.71. The van der Waals surface area contributed by atoms with Crippen LogP contribution in [0, 0.1) is 13.8 Å². The monoisotopic (exact) mass is 407 g/mol. The maximum absolute atomic E-state index is 12.7. The van der Waals surface area contributed by atoms with Crippen molar-refractivity contribution >= 4 is 43.9 Å². The first-order chi connectivity index (χ1) is 12.5. The molecule has 1 aliphatic heterocycles. The van der Waals surface area contributed by atoms with E-state index in [0.29, 0.717) is 28.2 Å². The van der Waals surface area contributed by atoms with Gasteiger partial charge in [-0.3, -0.25) is 13.9 Å². The summed E-state index contributed by atoms with van der Waals surface area (Å²) in [5.74, 6) is -0.953. The zero-order valence-corrected chi connectivity index (χ0v) is 17.1. The predicted octanol–water partition coefficient (Wildman–Crippen LogP) is 2.43. The molecule has 1 atom stereocenters. The molecule has 3 N–H and O–H groups in total. The van der Waals surface area contributed by atoms with Crippen LogP contribution in [-0.2, 0) is 16.4 Å². The third kappa shape index (κ3) is 3.44. The highest BCUT2D eigenvalue weighted by molar-refractivity contribution is 7.92. The summed E-state index contributed by atoms with van der Waals surface area (Å²) in [7, 11) is -3.38. The number of carbonyl (C=O) groups excluding carboxylic acids is 2. The van der Waals surface area contributed by atoms with Crippen molar-refractivity contribution in [2.75, 3.05) is 15.9 Å². The van der Waals surface area contributed by atoms with Crippen molar-refractivity contribution in [2.45, 2.75) is 33.2 Å². The van der Waals surface area contributed by atoms with Crippen molar-refractivity contribution in [1.29, 1.82) is 0 Å². The van der Waals surface area contributed by atoms with Crippen LogP contribution in [0.5, 0.6) is 0 Å². The molecule has 27 heavy (non-hydrogen) atoms. The summed E-state index contributed by atoms with van der Waals surface area (Å²) in [5.41, 5.74) is 8.32. The van der Waals surface area contributed by atoms with Gasteiger partial charge in [0, 0.05) is 16.5 Å². The number of benzene rings is 1. The number of anilines is 2. The minimum absolute atomic E-state index is 0.197. The Bertz CT molecular complexity index is 1060. The molecule has 9 heteroatoms. The van der Waals surface area contributed by atoms with Crippen LogP contribution in [-0.4, -0.2) is 32.5 Å². The van der Waals surface area contributed by atoms with E-state index in [-0.39, 0.29) is 11.9 Å². The fourth-order valence-corrected chi connectivity index (χ4v) is 5.76. The lowest BCUT2D eigenvalue weighted by Gasteiger charge is -2.21. The van der Waals surface area contributed by atoms with Crippen molar-refractivity contribution in [3.63, 3.8) is 0 Å². The van der Waals surface area contributed by atoms with Crippen LogP contribution in [0.3, 0.4) is 0 Å². The second-order valence-electron chi connectivity index (χ2n) is 6.76. The Kier molecular flexibility index (Phi) is 4.77. The van der Waals surface area contributed by atoms with Gasteiger partial charge >= 0.3 is 0 Å². The zero-order chi connectivity index (χ0) is 20.1. The van der Waals surface area contributed by atoms with Gasteiger partial charge in [-0.25, -0.2) is 8.42 Å². The Morgan fingerprint density at radius 1 is 1.30 bits per heavy atom. The number of primary amides is 1. The number of nitrogens with two attached hydrogens (primary N) is 1. The van der Waals surface area contributed by atoms with E-state index < -0.39 is 15.9 Å². The number of hydrogen-bond acceptors (Lipinski definition) is 5. The Morgan fingerprint density at radius 2 is 1.96 bits per heavy atom. The highest BCUT2D eigenvalue weighted by atomic mass is 32.2. The lowest BCUT2D eigenvalue weighted by atomic mass is 10.1.